The Hall–Kier alpha value is -3.53. The first-order chi connectivity index (χ1) is 11.7. The average molecular weight is 318 g/mol. The van der Waals surface area contributed by atoms with E-state index in [2.05, 4.69) is 26.2 Å². The van der Waals surface area contributed by atoms with Gasteiger partial charge in [0.1, 0.15) is 23.1 Å². The van der Waals surface area contributed by atoms with Gasteiger partial charge in [0.05, 0.1) is 11.9 Å². The van der Waals surface area contributed by atoms with Crippen molar-refractivity contribution in [1.82, 2.24) is 24.6 Å². The molecule has 4 aromatic rings. The van der Waals surface area contributed by atoms with Crippen molar-refractivity contribution in [3.63, 3.8) is 0 Å². The fraction of sp³-hybridized carbons (Fsp3) is 0.0588. The van der Waals surface area contributed by atoms with Crippen LogP contribution in [0.15, 0.2) is 42.7 Å². The van der Waals surface area contributed by atoms with Crippen LogP contribution in [0.3, 0.4) is 0 Å². The van der Waals surface area contributed by atoms with E-state index in [-0.39, 0.29) is 0 Å². The molecule has 0 saturated heterocycles. The summed E-state index contributed by atoms with van der Waals surface area (Å²) >= 11 is 0. The van der Waals surface area contributed by atoms with Gasteiger partial charge in [-0.2, -0.15) is 14.8 Å². The summed E-state index contributed by atoms with van der Waals surface area (Å²) in [7, 11) is 0. The topological polar surface area (TPSA) is 82.7 Å². The number of hydrogen-bond acceptors (Lipinski definition) is 4. The van der Waals surface area contributed by atoms with E-state index in [1.54, 1.807) is 16.5 Å². The molecule has 7 heteroatoms. The Kier molecular flexibility index (Phi) is 3.10. The lowest BCUT2D eigenvalue weighted by Crippen LogP contribution is -1.93. The van der Waals surface area contributed by atoms with Crippen molar-refractivity contribution >= 4 is 5.65 Å². The van der Waals surface area contributed by atoms with E-state index in [1.807, 2.05) is 25.3 Å². The number of aryl methyl sites for hydroxylation is 1. The number of halogens is 1. The van der Waals surface area contributed by atoms with E-state index >= 15 is 0 Å². The van der Waals surface area contributed by atoms with E-state index < -0.39 is 5.95 Å². The number of pyridine rings is 2. The second-order valence-electron chi connectivity index (χ2n) is 5.32. The highest BCUT2D eigenvalue weighted by Crippen LogP contribution is 2.32. The smallest absolute Gasteiger partial charge is 0.213 e. The summed E-state index contributed by atoms with van der Waals surface area (Å²) in [5.74, 6) is -0.559. The predicted octanol–water partition coefficient (Wildman–Crippen LogP) is 3.11. The molecule has 0 saturated carbocycles. The molecule has 0 spiro atoms. The third-order valence-corrected chi connectivity index (χ3v) is 3.81. The quantitative estimate of drug-likeness (QED) is 0.576. The summed E-state index contributed by atoms with van der Waals surface area (Å²) in [6.45, 7) is 1.88. The average Bonchev–Trinajstić information content (AvgIpc) is 3.17. The highest BCUT2D eigenvalue weighted by molar-refractivity contribution is 5.81. The molecular formula is C17H11FN6. The standard InChI is InChI=1S/C17H11FN6/c1-10-16(17(23-22-10)13-3-2-4-14(18)21-13)11-5-6-15-20-8-12(7-19)24(15)9-11/h2-6,8-9H,1H3,(H,22,23). The Bertz CT molecular complexity index is 1100. The number of imidazole rings is 1. The second kappa shape index (κ2) is 5.28. The molecule has 24 heavy (non-hydrogen) atoms. The Morgan fingerprint density at radius 1 is 1.25 bits per heavy atom. The minimum absolute atomic E-state index is 0.443. The van der Waals surface area contributed by atoms with Crippen LogP contribution in [-0.2, 0) is 0 Å². The molecule has 4 aromatic heterocycles. The van der Waals surface area contributed by atoms with Gasteiger partial charge in [-0.05, 0) is 31.2 Å². The van der Waals surface area contributed by atoms with Crippen molar-refractivity contribution in [3.8, 4) is 28.6 Å². The minimum atomic E-state index is -0.559. The van der Waals surface area contributed by atoms with E-state index in [1.165, 1.54) is 12.3 Å². The highest BCUT2D eigenvalue weighted by Gasteiger charge is 2.17. The van der Waals surface area contributed by atoms with Crippen LogP contribution in [0.5, 0.6) is 0 Å². The van der Waals surface area contributed by atoms with E-state index in [4.69, 9.17) is 0 Å². The van der Waals surface area contributed by atoms with Crippen LogP contribution in [0.1, 0.15) is 11.4 Å². The van der Waals surface area contributed by atoms with E-state index in [0.29, 0.717) is 22.7 Å². The van der Waals surface area contributed by atoms with Gasteiger partial charge in [0, 0.05) is 23.0 Å². The first-order valence-electron chi connectivity index (χ1n) is 7.23. The van der Waals surface area contributed by atoms with Crippen molar-refractivity contribution in [2.24, 2.45) is 0 Å². The molecule has 0 aliphatic carbocycles. The summed E-state index contributed by atoms with van der Waals surface area (Å²) in [6, 6.07) is 10.4. The molecular weight excluding hydrogens is 307 g/mol. The van der Waals surface area contributed by atoms with Crippen molar-refractivity contribution < 1.29 is 4.39 Å². The summed E-state index contributed by atoms with van der Waals surface area (Å²) < 4.78 is 15.2. The number of hydrogen-bond donors (Lipinski definition) is 1. The Morgan fingerprint density at radius 3 is 2.92 bits per heavy atom. The number of nitrogens with zero attached hydrogens (tertiary/aromatic N) is 5. The maximum absolute atomic E-state index is 13.5. The SMILES string of the molecule is Cc1[nH]nc(-c2cccc(F)n2)c1-c1ccc2ncc(C#N)n2c1. The molecule has 0 amide bonds. The predicted molar refractivity (Wildman–Crippen MR) is 85.4 cm³/mol. The molecule has 1 N–H and O–H groups in total. The van der Waals surface area contributed by atoms with Gasteiger partial charge in [-0.3, -0.25) is 9.50 Å². The summed E-state index contributed by atoms with van der Waals surface area (Å²) in [5, 5.41) is 16.4. The lowest BCUT2D eigenvalue weighted by molar-refractivity contribution is 0.585. The number of rotatable bonds is 2. The Labute approximate surface area is 136 Å². The van der Waals surface area contributed by atoms with Crippen LogP contribution in [0.2, 0.25) is 0 Å². The van der Waals surface area contributed by atoms with Crippen LogP contribution < -0.4 is 0 Å². The first-order valence-corrected chi connectivity index (χ1v) is 7.23. The van der Waals surface area contributed by atoms with Crippen molar-refractivity contribution in [2.45, 2.75) is 6.92 Å². The second-order valence-corrected chi connectivity index (χ2v) is 5.32. The summed E-state index contributed by atoms with van der Waals surface area (Å²) in [4.78, 5) is 8.09. The van der Waals surface area contributed by atoms with Gasteiger partial charge in [-0.15, -0.1) is 0 Å². The molecule has 0 radical (unpaired) electrons. The van der Waals surface area contributed by atoms with Crippen LogP contribution in [0.4, 0.5) is 4.39 Å². The van der Waals surface area contributed by atoms with Gasteiger partial charge in [-0.25, -0.2) is 9.97 Å². The van der Waals surface area contributed by atoms with Gasteiger partial charge in [0.2, 0.25) is 5.95 Å². The number of nitrogens with one attached hydrogen (secondary N) is 1. The zero-order valence-electron chi connectivity index (χ0n) is 12.7. The van der Waals surface area contributed by atoms with Gasteiger partial charge in [-0.1, -0.05) is 6.07 Å². The largest absolute Gasteiger partial charge is 0.291 e. The minimum Gasteiger partial charge on any atom is -0.291 e. The molecule has 4 rings (SSSR count). The van der Waals surface area contributed by atoms with Crippen molar-refractivity contribution in [3.05, 3.63) is 60.1 Å². The maximum Gasteiger partial charge on any atom is 0.213 e. The highest BCUT2D eigenvalue weighted by atomic mass is 19.1. The Morgan fingerprint density at radius 2 is 2.12 bits per heavy atom. The number of fused-ring (bicyclic) bond motifs is 1. The third kappa shape index (κ3) is 2.13. The van der Waals surface area contributed by atoms with Crippen molar-refractivity contribution in [2.75, 3.05) is 0 Å². The fourth-order valence-electron chi connectivity index (χ4n) is 2.72. The van der Waals surface area contributed by atoms with Crippen LogP contribution in [0, 0.1) is 24.2 Å². The summed E-state index contributed by atoms with van der Waals surface area (Å²) in [6.07, 6.45) is 3.35. The zero-order chi connectivity index (χ0) is 16.7. The molecule has 0 unspecified atom stereocenters. The lowest BCUT2D eigenvalue weighted by atomic mass is 10.0. The van der Waals surface area contributed by atoms with Gasteiger partial charge < -0.3 is 0 Å². The maximum atomic E-state index is 13.5. The van der Waals surface area contributed by atoms with Crippen LogP contribution >= 0.6 is 0 Å². The summed E-state index contributed by atoms with van der Waals surface area (Å²) in [5.41, 5.74) is 4.61. The molecule has 0 fully saturated rings. The lowest BCUT2D eigenvalue weighted by Gasteiger charge is -2.05. The molecule has 0 bridgehead atoms. The van der Waals surface area contributed by atoms with Gasteiger partial charge in [0.15, 0.2) is 0 Å². The molecule has 0 atom stereocenters. The zero-order valence-corrected chi connectivity index (χ0v) is 12.7. The molecule has 0 aliphatic rings. The molecule has 0 aliphatic heterocycles. The van der Waals surface area contributed by atoms with Crippen LogP contribution in [-0.4, -0.2) is 24.6 Å². The molecule has 0 aromatic carbocycles. The van der Waals surface area contributed by atoms with E-state index in [0.717, 1.165) is 16.8 Å². The molecule has 116 valence electrons. The Balaban J connectivity index is 1.94. The monoisotopic (exact) mass is 318 g/mol. The van der Waals surface area contributed by atoms with E-state index in [9.17, 15) is 9.65 Å². The van der Waals surface area contributed by atoms with Gasteiger partial charge >= 0.3 is 0 Å². The fourth-order valence-corrected chi connectivity index (χ4v) is 2.72. The van der Waals surface area contributed by atoms with Crippen LogP contribution in [0.25, 0.3) is 28.2 Å². The molecule has 4 heterocycles. The first kappa shape index (κ1) is 14.1. The van der Waals surface area contributed by atoms with Crippen molar-refractivity contribution in [1.29, 1.82) is 5.26 Å². The normalized spacial score (nSPS) is 10.9. The molecule has 6 nitrogen and oxygen atoms in total. The third-order valence-electron chi connectivity index (χ3n) is 3.81. The number of aromatic nitrogens is 5. The number of nitriles is 1. The number of aromatic amines is 1. The van der Waals surface area contributed by atoms with Gasteiger partial charge in [0.25, 0.3) is 0 Å². The number of H-pyrrole nitrogens is 1.